The minimum absolute atomic E-state index is 0.180. The Morgan fingerprint density at radius 1 is 0.871 bits per heavy atom. The van der Waals surface area contributed by atoms with Crippen LogP contribution in [0, 0.1) is 5.92 Å². The molecule has 3 atom stereocenters. The van der Waals surface area contributed by atoms with Crippen LogP contribution in [0.15, 0.2) is 60.7 Å². The Hall–Kier alpha value is -3.27. The summed E-state index contributed by atoms with van der Waals surface area (Å²) in [6, 6.07) is 19.9. The first-order valence-electron chi connectivity index (χ1n) is 9.66. The van der Waals surface area contributed by atoms with Crippen molar-refractivity contribution in [2.45, 2.75) is 24.0 Å². The molecule has 1 fully saturated rings. The predicted molar refractivity (Wildman–Crippen MR) is 111 cm³/mol. The first-order chi connectivity index (χ1) is 14.7. The zero-order valence-corrected chi connectivity index (χ0v) is 16.7. The monoisotopic (exact) mass is 430 g/mol. The molecule has 1 amide bonds. The number of amides is 1. The van der Waals surface area contributed by atoms with E-state index in [1.807, 2.05) is 60.7 Å². The smallest absolute Gasteiger partial charge is 0.335 e. The third-order valence-corrected chi connectivity index (χ3v) is 5.32. The van der Waals surface area contributed by atoms with Gasteiger partial charge in [-0.15, -0.1) is 0 Å². The zero-order valence-electron chi connectivity index (χ0n) is 16.7. The van der Waals surface area contributed by atoms with Crippen molar-refractivity contribution in [3.8, 4) is 0 Å². The van der Waals surface area contributed by atoms with Crippen LogP contribution >= 0.6 is 0 Å². The highest BCUT2D eigenvalue weighted by Gasteiger charge is 2.48. The highest BCUT2D eigenvalue weighted by Crippen LogP contribution is 2.41. The summed E-state index contributed by atoms with van der Waals surface area (Å²) in [5.74, 6) is -3.63. The average molecular weight is 430 g/mol. The van der Waals surface area contributed by atoms with Crippen molar-refractivity contribution in [2.24, 2.45) is 11.7 Å². The summed E-state index contributed by atoms with van der Waals surface area (Å²) >= 11 is 0. The van der Waals surface area contributed by atoms with E-state index in [2.05, 4.69) is 5.32 Å². The van der Waals surface area contributed by atoms with Gasteiger partial charge in [0.15, 0.2) is 12.2 Å². The van der Waals surface area contributed by atoms with E-state index in [9.17, 15) is 14.4 Å². The second kappa shape index (κ2) is 10.7. The molecular formula is C22H26N2O7. The van der Waals surface area contributed by atoms with Crippen LogP contribution in [0.2, 0.25) is 0 Å². The third kappa shape index (κ3) is 5.26. The molecule has 0 radical (unpaired) electrons. The predicted octanol–water partition coefficient (Wildman–Crippen LogP) is -0.0551. The lowest BCUT2D eigenvalue weighted by Gasteiger charge is -2.37. The van der Waals surface area contributed by atoms with Gasteiger partial charge in [0.05, 0.1) is 0 Å². The van der Waals surface area contributed by atoms with Crippen molar-refractivity contribution in [2.75, 3.05) is 13.1 Å². The molecule has 1 saturated heterocycles. The number of carbonyl (C=O) groups is 3. The third-order valence-electron chi connectivity index (χ3n) is 5.32. The fourth-order valence-corrected chi connectivity index (χ4v) is 3.82. The maximum absolute atomic E-state index is 12.6. The molecule has 166 valence electrons. The molecule has 9 nitrogen and oxygen atoms in total. The van der Waals surface area contributed by atoms with Gasteiger partial charge in [0, 0.05) is 0 Å². The highest BCUT2D eigenvalue weighted by molar-refractivity contribution is 5.91. The Bertz CT molecular complexity index is 826. The molecule has 0 aromatic heterocycles. The number of nitrogens with one attached hydrogen (secondary N) is 1. The number of carboxylic acids is 2. The number of carbonyl (C=O) groups excluding carboxylic acids is 1. The summed E-state index contributed by atoms with van der Waals surface area (Å²) in [4.78, 5) is 32.1. The van der Waals surface area contributed by atoms with Gasteiger partial charge in [-0.1, -0.05) is 60.7 Å². The van der Waals surface area contributed by atoms with Gasteiger partial charge < -0.3 is 31.5 Å². The van der Waals surface area contributed by atoms with Gasteiger partial charge in [-0.2, -0.15) is 0 Å². The van der Waals surface area contributed by atoms with E-state index >= 15 is 0 Å². The normalized spacial score (nSPS) is 17.7. The molecule has 0 aliphatic carbocycles. The van der Waals surface area contributed by atoms with Crippen molar-refractivity contribution in [1.29, 1.82) is 0 Å². The second-order valence-corrected chi connectivity index (χ2v) is 7.16. The Morgan fingerprint density at radius 2 is 1.29 bits per heavy atom. The molecular weight excluding hydrogens is 404 g/mol. The first kappa shape index (κ1) is 24.0. The van der Waals surface area contributed by atoms with Crippen LogP contribution in [-0.2, 0) is 19.8 Å². The van der Waals surface area contributed by atoms with Gasteiger partial charge in [-0.25, -0.2) is 9.59 Å². The summed E-state index contributed by atoms with van der Waals surface area (Å²) in [5.41, 5.74) is 7.16. The van der Waals surface area contributed by atoms with Gasteiger partial charge in [-0.3, -0.25) is 4.79 Å². The van der Waals surface area contributed by atoms with E-state index in [4.69, 9.17) is 26.2 Å². The molecule has 2 aromatic rings. The first-order valence-corrected chi connectivity index (χ1v) is 9.66. The van der Waals surface area contributed by atoms with Crippen LogP contribution in [0.3, 0.4) is 0 Å². The van der Waals surface area contributed by atoms with Crippen LogP contribution in [0.5, 0.6) is 0 Å². The molecule has 0 spiro atoms. The van der Waals surface area contributed by atoms with E-state index < -0.39 is 29.6 Å². The maximum atomic E-state index is 12.6. The number of benzene rings is 2. The van der Waals surface area contributed by atoms with Crippen molar-refractivity contribution in [3.63, 3.8) is 0 Å². The quantitative estimate of drug-likeness (QED) is 0.355. The zero-order chi connectivity index (χ0) is 23.0. The van der Waals surface area contributed by atoms with Crippen LogP contribution < -0.4 is 11.1 Å². The lowest BCUT2D eigenvalue weighted by atomic mass is 9.65. The molecule has 9 heteroatoms. The largest absolute Gasteiger partial charge is 0.479 e. The number of primary amides is 1. The van der Waals surface area contributed by atoms with E-state index in [0.29, 0.717) is 0 Å². The lowest BCUT2D eigenvalue weighted by Crippen LogP contribution is -2.49. The minimum Gasteiger partial charge on any atom is -0.479 e. The van der Waals surface area contributed by atoms with Crippen LogP contribution in [0.4, 0.5) is 0 Å². The summed E-state index contributed by atoms with van der Waals surface area (Å²) in [6.07, 6.45) is -3.58. The lowest BCUT2D eigenvalue weighted by molar-refractivity contribution is -0.165. The number of aliphatic hydroxyl groups excluding tert-OH is 2. The van der Waals surface area contributed by atoms with Gasteiger partial charge in [0.25, 0.3) is 0 Å². The van der Waals surface area contributed by atoms with Crippen molar-refractivity contribution >= 4 is 17.8 Å². The molecule has 2 aromatic carbocycles. The molecule has 7 N–H and O–H groups in total. The molecule has 2 unspecified atom stereocenters. The standard InChI is InChI=1S/C18H20N2O.C4H6O6/c19-17(21)18(16-11-12-20-13-16,14-7-3-1-4-8-14)15-9-5-2-6-10-15;5-1(3(7)8)2(6)4(9)10/h1-10,16,20H,11-13H2,(H2,19,21);1-2,5-6H,(H,7,8)(H,9,10)/t16-;/m0./s1. The molecule has 1 aliphatic rings. The van der Waals surface area contributed by atoms with Crippen molar-refractivity contribution in [1.82, 2.24) is 5.32 Å². The average Bonchev–Trinajstić information content (AvgIpc) is 3.30. The topological polar surface area (TPSA) is 170 Å². The minimum atomic E-state index is -2.27. The molecule has 1 aliphatic heterocycles. The molecule has 31 heavy (non-hydrogen) atoms. The Balaban J connectivity index is 0.000000291. The molecule has 3 rings (SSSR count). The van der Waals surface area contributed by atoms with Crippen LogP contribution in [0.1, 0.15) is 17.5 Å². The van der Waals surface area contributed by atoms with Gasteiger partial charge in [-0.05, 0) is 36.6 Å². The fourth-order valence-electron chi connectivity index (χ4n) is 3.82. The van der Waals surface area contributed by atoms with Crippen molar-refractivity contribution in [3.05, 3.63) is 71.8 Å². The van der Waals surface area contributed by atoms with Crippen LogP contribution in [-0.4, -0.2) is 63.6 Å². The van der Waals surface area contributed by atoms with E-state index in [1.165, 1.54) is 0 Å². The maximum Gasteiger partial charge on any atom is 0.335 e. The summed E-state index contributed by atoms with van der Waals surface area (Å²) in [6.45, 7) is 1.74. The Morgan fingerprint density at radius 3 is 1.58 bits per heavy atom. The Kier molecular flexibility index (Phi) is 8.26. The second-order valence-electron chi connectivity index (χ2n) is 7.16. The van der Waals surface area contributed by atoms with E-state index in [1.54, 1.807) is 0 Å². The van der Waals surface area contributed by atoms with Crippen LogP contribution in [0.25, 0.3) is 0 Å². The highest BCUT2D eigenvalue weighted by atomic mass is 16.4. The van der Waals surface area contributed by atoms with Gasteiger partial charge in [0.1, 0.15) is 5.41 Å². The van der Waals surface area contributed by atoms with E-state index in [-0.39, 0.29) is 11.8 Å². The van der Waals surface area contributed by atoms with E-state index in [0.717, 1.165) is 30.6 Å². The van der Waals surface area contributed by atoms with Crippen molar-refractivity contribution < 1.29 is 34.8 Å². The number of aliphatic carboxylic acids is 2. The number of nitrogens with two attached hydrogens (primary N) is 1. The number of hydrogen-bond donors (Lipinski definition) is 6. The number of hydrogen-bond acceptors (Lipinski definition) is 6. The summed E-state index contributed by atoms with van der Waals surface area (Å²) in [7, 11) is 0. The molecule has 0 saturated carbocycles. The molecule has 0 bridgehead atoms. The molecule has 1 heterocycles. The summed E-state index contributed by atoms with van der Waals surface area (Å²) < 4.78 is 0. The summed E-state index contributed by atoms with van der Waals surface area (Å²) in [5, 5.41) is 35.9. The van der Waals surface area contributed by atoms with Gasteiger partial charge >= 0.3 is 11.9 Å². The fraction of sp³-hybridized carbons (Fsp3) is 0.318. The number of carboxylic acid groups (broad SMARTS) is 2. The number of aliphatic hydroxyl groups is 2. The SMILES string of the molecule is NC(=O)C(c1ccccc1)(c1ccccc1)[C@H]1CCNC1.O=C(O)C(O)C(O)C(=O)O. The Labute approximate surface area is 179 Å². The van der Waals surface area contributed by atoms with Gasteiger partial charge in [0.2, 0.25) is 5.91 Å². The number of rotatable bonds is 7.